The van der Waals surface area contributed by atoms with E-state index in [1.165, 1.54) is 23.2 Å². The summed E-state index contributed by atoms with van der Waals surface area (Å²) < 4.78 is 29.6. The molecule has 1 amide bonds. The van der Waals surface area contributed by atoms with Crippen molar-refractivity contribution in [3.63, 3.8) is 0 Å². The molecule has 2 aromatic rings. The van der Waals surface area contributed by atoms with Crippen LogP contribution in [0.5, 0.6) is 5.75 Å². The van der Waals surface area contributed by atoms with Gasteiger partial charge in [0.05, 0.1) is 6.26 Å². The molecule has 2 aromatic carbocycles. The zero-order chi connectivity index (χ0) is 20.4. The minimum atomic E-state index is -3.21. The standard InChI is InChI=1S/C20H26N2O4S2/c1-22(28(2,24)25)14-17-8-10-19(11-9-17)26-15-20(23)21-12-13-27-16-18-6-4-3-5-7-18/h3-11H,12-16H2,1-2H3,(H,21,23). The number of carbonyl (C=O) groups is 1. The third kappa shape index (κ3) is 8.33. The number of sulfonamides is 1. The summed E-state index contributed by atoms with van der Waals surface area (Å²) in [5.74, 6) is 2.16. The summed E-state index contributed by atoms with van der Waals surface area (Å²) in [6.07, 6.45) is 1.17. The van der Waals surface area contributed by atoms with Gasteiger partial charge in [-0.15, -0.1) is 0 Å². The van der Waals surface area contributed by atoms with E-state index in [2.05, 4.69) is 17.4 Å². The maximum atomic E-state index is 11.9. The normalized spacial score (nSPS) is 11.4. The lowest BCUT2D eigenvalue weighted by Gasteiger charge is -2.14. The lowest BCUT2D eigenvalue weighted by molar-refractivity contribution is -0.122. The fourth-order valence-electron chi connectivity index (χ4n) is 2.29. The van der Waals surface area contributed by atoms with Crippen molar-refractivity contribution < 1.29 is 17.9 Å². The molecule has 8 heteroatoms. The molecule has 1 N–H and O–H groups in total. The molecule has 0 bridgehead atoms. The monoisotopic (exact) mass is 422 g/mol. The summed E-state index contributed by atoms with van der Waals surface area (Å²) in [7, 11) is -1.68. The van der Waals surface area contributed by atoms with Gasteiger partial charge in [-0.2, -0.15) is 11.8 Å². The van der Waals surface area contributed by atoms with E-state index in [4.69, 9.17) is 4.74 Å². The van der Waals surface area contributed by atoms with Gasteiger partial charge in [-0.25, -0.2) is 12.7 Å². The molecule has 0 saturated carbocycles. The second-order valence-electron chi connectivity index (χ2n) is 6.34. The topological polar surface area (TPSA) is 75.7 Å². The third-order valence-corrected chi connectivity index (χ3v) is 6.24. The second-order valence-corrected chi connectivity index (χ2v) is 9.53. The molecule has 0 unspecified atom stereocenters. The van der Waals surface area contributed by atoms with Crippen LogP contribution in [0.25, 0.3) is 0 Å². The highest BCUT2D eigenvalue weighted by Crippen LogP contribution is 2.14. The van der Waals surface area contributed by atoms with Gasteiger partial charge in [-0.3, -0.25) is 4.79 Å². The fraction of sp³-hybridized carbons (Fsp3) is 0.350. The number of hydrogen-bond acceptors (Lipinski definition) is 5. The molecule has 0 saturated heterocycles. The molecule has 0 heterocycles. The number of benzene rings is 2. The van der Waals surface area contributed by atoms with Crippen LogP contribution in [0.15, 0.2) is 54.6 Å². The summed E-state index contributed by atoms with van der Waals surface area (Å²) in [5.41, 5.74) is 2.12. The van der Waals surface area contributed by atoms with E-state index in [1.807, 2.05) is 18.2 Å². The van der Waals surface area contributed by atoms with Gasteiger partial charge >= 0.3 is 0 Å². The largest absolute Gasteiger partial charge is 0.484 e. The van der Waals surface area contributed by atoms with Gasteiger partial charge in [0.25, 0.3) is 5.91 Å². The predicted molar refractivity (Wildman–Crippen MR) is 114 cm³/mol. The first-order valence-electron chi connectivity index (χ1n) is 8.86. The van der Waals surface area contributed by atoms with Crippen molar-refractivity contribution >= 4 is 27.7 Å². The van der Waals surface area contributed by atoms with Gasteiger partial charge in [-0.05, 0) is 23.3 Å². The van der Waals surface area contributed by atoms with Crippen molar-refractivity contribution in [2.45, 2.75) is 12.3 Å². The highest BCUT2D eigenvalue weighted by Gasteiger charge is 2.11. The van der Waals surface area contributed by atoms with Gasteiger partial charge < -0.3 is 10.1 Å². The van der Waals surface area contributed by atoms with Crippen LogP contribution >= 0.6 is 11.8 Å². The van der Waals surface area contributed by atoms with Crippen LogP contribution < -0.4 is 10.1 Å². The highest BCUT2D eigenvalue weighted by atomic mass is 32.2. The van der Waals surface area contributed by atoms with Crippen LogP contribution in [0.4, 0.5) is 0 Å². The predicted octanol–water partition coefficient (Wildman–Crippen LogP) is 2.51. The van der Waals surface area contributed by atoms with Crippen molar-refractivity contribution in [1.82, 2.24) is 9.62 Å². The number of thioether (sulfide) groups is 1. The smallest absolute Gasteiger partial charge is 0.257 e. The van der Waals surface area contributed by atoms with E-state index in [1.54, 1.807) is 36.0 Å². The molecular formula is C20H26N2O4S2. The minimum Gasteiger partial charge on any atom is -0.484 e. The first kappa shape index (κ1) is 22.3. The Morgan fingerprint density at radius 3 is 2.39 bits per heavy atom. The molecule has 6 nitrogen and oxygen atoms in total. The summed E-state index contributed by atoms with van der Waals surface area (Å²) >= 11 is 1.77. The zero-order valence-electron chi connectivity index (χ0n) is 16.1. The van der Waals surface area contributed by atoms with Gasteiger partial charge in [0, 0.05) is 31.6 Å². The maximum absolute atomic E-state index is 11.9. The van der Waals surface area contributed by atoms with Crippen molar-refractivity contribution in [3.8, 4) is 5.75 Å². The Hall–Kier alpha value is -2.03. The molecule has 0 spiro atoms. The van der Waals surface area contributed by atoms with Crippen LogP contribution in [0.2, 0.25) is 0 Å². The van der Waals surface area contributed by atoms with Crippen LogP contribution in [-0.2, 0) is 27.1 Å². The van der Waals surface area contributed by atoms with Gasteiger partial charge in [0.1, 0.15) is 5.75 Å². The molecule has 2 rings (SSSR count). The van der Waals surface area contributed by atoms with Gasteiger partial charge in [-0.1, -0.05) is 42.5 Å². The molecule has 0 fully saturated rings. The fourth-order valence-corrected chi connectivity index (χ4v) is 3.49. The molecule has 28 heavy (non-hydrogen) atoms. The summed E-state index contributed by atoms with van der Waals surface area (Å²) in [5, 5.41) is 2.84. The van der Waals surface area contributed by atoms with Crippen LogP contribution in [0.1, 0.15) is 11.1 Å². The Kier molecular flexibility index (Phi) is 8.82. The molecule has 0 radical (unpaired) electrons. The molecule has 152 valence electrons. The van der Waals surface area contributed by atoms with E-state index < -0.39 is 10.0 Å². The zero-order valence-corrected chi connectivity index (χ0v) is 17.8. The Balaban J connectivity index is 1.63. The average molecular weight is 423 g/mol. The van der Waals surface area contributed by atoms with Crippen LogP contribution in [-0.4, -0.2) is 50.8 Å². The highest BCUT2D eigenvalue weighted by molar-refractivity contribution is 7.98. The number of carbonyl (C=O) groups excluding carboxylic acids is 1. The number of nitrogens with zero attached hydrogens (tertiary/aromatic N) is 1. The second kappa shape index (κ2) is 11.1. The van der Waals surface area contributed by atoms with Crippen molar-refractivity contribution in [2.75, 3.05) is 32.2 Å². The van der Waals surface area contributed by atoms with Crippen molar-refractivity contribution in [3.05, 3.63) is 65.7 Å². The SMILES string of the molecule is CN(Cc1ccc(OCC(=O)NCCSCc2ccccc2)cc1)S(C)(=O)=O. The maximum Gasteiger partial charge on any atom is 0.257 e. The number of ether oxygens (including phenoxy) is 1. The first-order chi connectivity index (χ1) is 13.3. The number of hydrogen-bond donors (Lipinski definition) is 1. The quantitative estimate of drug-likeness (QED) is 0.563. The van der Waals surface area contributed by atoms with Gasteiger partial charge in [0.2, 0.25) is 10.0 Å². The Labute approximate surface area is 171 Å². The molecule has 0 aromatic heterocycles. The molecule has 0 atom stereocenters. The summed E-state index contributed by atoms with van der Waals surface area (Å²) in [6.45, 7) is 0.836. The Bertz CT molecular complexity index is 840. The van der Waals surface area contributed by atoms with E-state index >= 15 is 0 Å². The van der Waals surface area contributed by atoms with E-state index in [9.17, 15) is 13.2 Å². The van der Waals surface area contributed by atoms with Crippen LogP contribution in [0, 0.1) is 0 Å². The summed E-state index contributed by atoms with van der Waals surface area (Å²) in [6, 6.07) is 17.2. The lowest BCUT2D eigenvalue weighted by Crippen LogP contribution is -2.30. The summed E-state index contributed by atoms with van der Waals surface area (Å²) in [4.78, 5) is 11.9. The minimum absolute atomic E-state index is 0.0497. The van der Waals surface area contributed by atoms with Crippen LogP contribution in [0.3, 0.4) is 0 Å². The number of rotatable bonds is 11. The number of nitrogens with one attached hydrogen (secondary N) is 1. The Morgan fingerprint density at radius 1 is 1.07 bits per heavy atom. The van der Waals surface area contributed by atoms with E-state index in [0.717, 1.165) is 17.1 Å². The first-order valence-corrected chi connectivity index (χ1v) is 11.9. The lowest BCUT2D eigenvalue weighted by atomic mass is 10.2. The molecule has 0 aliphatic heterocycles. The Morgan fingerprint density at radius 2 is 1.75 bits per heavy atom. The molecular weight excluding hydrogens is 396 g/mol. The average Bonchev–Trinajstić information content (AvgIpc) is 2.67. The van der Waals surface area contributed by atoms with Crippen molar-refractivity contribution in [1.29, 1.82) is 0 Å². The van der Waals surface area contributed by atoms with Crippen molar-refractivity contribution in [2.24, 2.45) is 0 Å². The van der Waals surface area contributed by atoms with Gasteiger partial charge in [0.15, 0.2) is 6.61 Å². The molecule has 0 aliphatic rings. The van der Waals surface area contributed by atoms with E-state index in [0.29, 0.717) is 18.8 Å². The third-order valence-electron chi connectivity index (χ3n) is 3.94. The number of amides is 1. The molecule has 0 aliphatic carbocycles. The van der Waals surface area contributed by atoms with E-state index in [-0.39, 0.29) is 12.5 Å².